The van der Waals surface area contributed by atoms with Crippen molar-refractivity contribution in [1.29, 1.82) is 0 Å². The van der Waals surface area contributed by atoms with Crippen LogP contribution in [0.5, 0.6) is 5.75 Å². The lowest BCUT2D eigenvalue weighted by molar-refractivity contribution is -0.145. The summed E-state index contributed by atoms with van der Waals surface area (Å²) in [4.78, 5) is 31.7. The van der Waals surface area contributed by atoms with Gasteiger partial charge in [-0.1, -0.05) is 25.1 Å². The van der Waals surface area contributed by atoms with Gasteiger partial charge in [0.1, 0.15) is 23.0 Å². The number of esters is 1. The van der Waals surface area contributed by atoms with E-state index in [2.05, 4.69) is 13.0 Å². The minimum Gasteiger partial charge on any atom is -0.483 e. The minimum absolute atomic E-state index is 0.275. The highest BCUT2D eigenvalue weighted by Gasteiger charge is 2.53. The number of ether oxygens (including phenoxy) is 3. The third-order valence-corrected chi connectivity index (χ3v) is 6.01. The minimum atomic E-state index is -0.736. The molecule has 4 rings (SSSR count). The van der Waals surface area contributed by atoms with Crippen molar-refractivity contribution in [2.75, 3.05) is 13.7 Å². The smallest absolute Gasteiger partial charge is 0.411 e. The molecule has 1 fully saturated rings. The number of aromatic nitrogens is 1. The summed E-state index contributed by atoms with van der Waals surface area (Å²) >= 11 is 0. The Morgan fingerprint density at radius 3 is 2.71 bits per heavy atom. The van der Waals surface area contributed by atoms with Crippen LogP contribution in [-0.4, -0.2) is 52.8 Å². The van der Waals surface area contributed by atoms with Gasteiger partial charge in [0, 0.05) is 17.4 Å². The van der Waals surface area contributed by atoms with Crippen LogP contribution in [0.2, 0.25) is 0 Å². The van der Waals surface area contributed by atoms with Gasteiger partial charge in [0.15, 0.2) is 0 Å². The lowest BCUT2D eigenvalue weighted by atomic mass is 9.87. The van der Waals surface area contributed by atoms with Gasteiger partial charge in [0.2, 0.25) is 0 Å². The van der Waals surface area contributed by atoms with Crippen molar-refractivity contribution in [1.82, 2.24) is 9.88 Å². The summed E-state index contributed by atoms with van der Waals surface area (Å²) in [6, 6.07) is 7.35. The Morgan fingerprint density at radius 1 is 1.29 bits per heavy atom. The Balaban J connectivity index is 1.70. The van der Waals surface area contributed by atoms with Crippen LogP contribution in [0.4, 0.5) is 4.79 Å². The molecule has 1 aromatic carbocycles. The van der Waals surface area contributed by atoms with Gasteiger partial charge in [0.05, 0.1) is 24.9 Å². The van der Waals surface area contributed by atoms with Crippen LogP contribution in [0.3, 0.4) is 0 Å². The number of fused-ring (bicyclic) bond motifs is 3. The molecule has 2 aliphatic heterocycles. The van der Waals surface area contributed by atoms with Crippen molar-refractivity contribution in [3.8, 4) is 5.75 Å². The molecule has 2 aromatic rings. The number of methoxy groups -OCH3 is 1. The maximum atomic E-state index is 12.9. The van der Waals surface area contributed by atoms with Gasteiger partial charge in [-0.25, -0.2) is 14.6 Å². The molecule has 1 spiro atoms. The molecule has 0 radical (unpaired) electrons. The molecule has 2 atom stereocenters. The van der Waals surface area contributed by atoms with Crippen LogP contribution in [0, 0.1) is 0 Å². The topological polar surface area (TPSA) is 78.0 Å². The van der Waals surface area contributed by atoms with Gasteiger partial charge >= 0.3 is 12.1 Å². The van der Waals surface area contributed by atoms with Crippen molar-refractivity contribution < 1.29 is 23.8 Å². The first-order chi connectivity index (χ1) is 14.7. The van der Waals surface area contributed by atoms with E-state index in [0.29, 0.717) is 12.8 Å². The molecule has 166 valence electrons. The zero-order valence-electron chi connectivity index (χ0n) is 18.9. The fraction of sp³-hybridized carbons (Fsp3) is 0.542. The molecule has 1 unspecified atom stereocenters. The molecule has 0 aliphatic carbocycles. The van der Waals surface area contributed by atoms with Gasteiger partial charge < -0.3 is 14.2 Å². The fourth-order valence-corrected chi connectivity index (χ4v) is 4.61. The summed E-state index contributed by atoms with van der Waals surface area (Å²) in [5.74, 6) is 0.339. The Hall–Kier alpha value is -2.83. The normalized spacial score (nSPS) is 22.9. The number of carbonyl (C=O) groups is 2. The predicted octanol–water partition coefficient (Wildman–Crippen LogP) is 4.04. The Morgan fingerprint density at radius 2 is 2.03 bits per heavy atom. The number of amides is 1. The molecule has 1 saturated heterocycles. The molecule has 1 aromatic heterocycles. The summed E-state index contributed by atoms with van der Waals surface area (Å²) in [6.07, 6.45) is 2.07. The quantitative estimate of drug-likeness (QED) is 0.675. The van der Waals surface area contributed by atoms with Crippen molar-refractivity contribution in [3.63, 3.8) is 0 Å². The number of rotatable bonds is 2. The van der Waals surface area contributed by atoms with Crippen LogP contribution in [0.25, 0.3) is 10.9 Å². The fourth-order valence-electron chi connectivity index (χ4n) is 4.61. The largest absolute Gasteiger partial charge is 0.483 e. The van der Waals surface area contributed by atoms with Crippen LogP contribution in [-0.2, 0) is 27.1 Å². The highest BCUT2D eigenvalue weighted by molar-refractivity contribution is 5.86. The van der Waals surface area contributed by atoms with E-state index < -0.39 is 29.3 Å². The molecule has 0 bridgehead atoms. The maximum Gasteiger partial charge on any atom is 0.411 e. The van der Waals surface area contributed by atoms with E-state index in [1.807, 2.05) is 39.0 Å². The van der Waals surface area contributed by atoms with Gasteiger partial charge in [-0.2, -0.15) is 0 Å². The van der Waals surface area contributed by atoms with E-state index in [1.54, 1.807) is 0 Å². The molecule has 7 nitrogen and oxygen atoms in total. The SMILES string of the molecule is CCc1nc2ccccc2c2c1OC1(CC2)C[C@@H](C(=O)OC)N(C(=O)OC(C)(C)C)C1. The van der Waals surface area contributed by atoms with E-state index in [1.165, 1.54) is 12.0 Å². The predicted molar refractivity (Wildman–Crippen MR) is 116 cm³/mol. The Kier molecular flexibility index (Phi) is 5.31. The number of hydrogen-bond acceptors (Lipinski definition) is 6. The number of hydrogen-bond donors (Lipinski definition) is 0. The van der Waals surface area contributed by atoms with Crippen molar-refractivity contribution in [2.24, 2.45) is 0 Å². The van der Waals surface area contributed by atoms with Crippen molar-refractivity contribution >= 4 is 23.0 Å². The number of likely N-dealkylation sites (tertiary alicyclic amines) is 1. The van der Waals surface area contributed by atoms with E-state index in [0.717, 1.165) is 40.8 Å². The average Bonchev–Trinajstić information content (AvgIpc) is 3.10. The maximum absolute atomic E-state index is 12.9. The van der Waals surface area contributed by atoms with E-state index in [9.17, 15) is 9.59 Å². The number of aryl methyl sites for hydroxylation is 2. The lowest BCUT2D eigenvalue weighted by Gasteiger charge is -2.36. The Bertz CT molecular complexity index is 1030. The van der Waals surface area contributed by atoms with E-state index in [4.69, 9.17) is 19.2 Å². The number of carbonyl (C=O) groups excluding carboxylic acids is 2. The van der Waals surface area contributed by atoms with Gasteiger partial charge in [-0.05, 0) is 46.1 Å². The number of pyridine rings is 1. The first-order valence-electron chi connectivity index (χ1n) is 10.8. The summed E-state index contributed by atoms with van der Waals surface area (Å²) in [6.45, 7) is 7.75. The second-order valence-electron chi connectivity index (χ2n) is 9.37. The molecular weight excluding hydrogens is 396 g/mol. The summed E-state index contributed by atoms with van der Waals surface area (Å²) in [5, 5.41) is 1.09. The van der Waals surface area contributed by atoms with Crippen LogP contribution in [0.1, 0.15) is 51.8 Å². The monoisotopic (exact) mass is 426 g/mol. The third-order valence-electron chi connectivity index (χ3n) is 6.01. The molecule has 7 heteroatoms. The molecule has 0 saturated carbocycles. The third kappa shape index (κ3) is 3.93. The number of para-hydroxylation sites is 1. The molecule has 1 amide bonds. The molecule has 0 N–H and O–H groups in total. The van der Waals surface area contributed by atoms with Gasteiger partial charge in [-0.15, -0.1) is 0 Å². The van der Waals surface area contributed by atoms with Crippen LogP contribution >= 0.6 is 0 Å². The van der Waals surface area contributed by atoms with Crippen LogP contribution < -0.4 is 4.74 Å². The van der Waals surface area contributed by atoms with E-state index in [-0.39, 0.29) is 6.54 Å². The second kappa shape index (κ2) is 7.70. The highest BCUT2D eigenvalue weighted by atomic mass is 16.6. The number of nitrogens with zero attached hydrogens (tertiary/aromatic N) is 2. The molecular formula is C24H30N2O5. The van der Waals surface area contributed by atoms with Gasteiger partial charge in [0.25, 0.3) is 0 Å². The summed E-state index contributed by atoms with van der Waals surface area (Å²) < 4.78 is 17.2. The first-order valence-corrected chi connectivity index (χ1v) is 10.8. The number of benzene rings is 1. The molecule has 31 heavy (non-hydrogen) atoms. The van der Waals surface area contributed by atoms with Crippen LogP contribution in [0.15, 0.2) is 24.3 Å². The lowest BCUT2D eigenvalue weighted by Crippen LogP contribution is -2.46. The molecule has 3 heterocycles. The van der Waals surface area contributed by atoms with Crippen molar-refractivity contribution in [2.45, 2.75) is 70.6 Å². The molecule has 2 aliphatic rings. The summed E-state index contributed by atoms with van der Waals surface area (Å²) in [5.41, 5.74) is 1.69. The standard InChI is InChI=1S/C24H30N2O5/c1-6-17-20-16(15-9-7-8-10-18(15)25-17)11-12-24(30-20)13-19(21(27)29-5)26(14-24)22(28)31-23(2,3)4/h7-10,19H,6,11-14H2,1-5H3/t19-,24?/m0/s1. The van der Waals surface area contributed by atoms with E-state index >= 15 is 0 Å². The highest BCUT2D eigenvalue weighted by Crippen LogP contribution is 2.45. The van der Waals surface area contributed by atoms with Gasteiger partial charge in [-0.3, -0.25) is 4.90 Å². The summed E-state index contributed by atoms with van der Waals surface area (Å²) in [7, 11) is 1.34. The zero-order valence-corrected chi connectivity index (χ0v) is 18.9. The Labute approximate surface area is 182 Å². The second-order valence-corrected chi connectivity index (χ2v) is 9.37. The zero-order chi connectivity index (χ0) is 22.4. The average molecular weight is 427 g/mol. The van der Waals surface area contributed by atoms with Crippen molar-refractivity contribution in [3.05, 3.63) is 35.5 Å². The first kappa shape index (κ1) is 21.4.